The van der Waals surface area contributed by atoms with Crippen molar-refractivity contribution < 1.29 is 0 Å². The predicted molar refractivity (Wildman–Crippen MR) is 56.6 cm³/mol. The summed E-state index contributed by atoms with van der Waals surface area (Å²) in [6.07, 6.45) is 0.927. The second kappa shape index (κ2) is 4.11. The first kappa shape index (κ1) is 9.68. The van der Waals surface area contributed by atoms with Gasteiger partial charge in [0.2, 0.25) is 5.95 Å². The number of hydrogen-bond acceptors (Lipinski definition) is 4. The number of hydrogen-bond donors (Lipinski definition) is 2. The molecule has 0 saturated heterocycles. The summed E-state index contributed by atoms with van der Waals surface area (Å²) in [7, 11) is 0. The molecule has 0 saturated carbocycles. The van der Waals surface area contributed by atoms with Crippen molar-refractivity contribution in [2.45, 2.75) is 19.9 Å². The lowest BCUT2D eigenvalue weighted by atomic mass is 10.1. The second-order valence-electron chi connectivity index (χ2n) is 3.22. The molecule has 0 spiro atoms. The molecule has 1 aliphatic rings. The smallest absolute Gasteiger partial charge is 0.224 e. The van der Waals surface area contributed by atoms with E-state index in [0.717, 1.165) is 37.3 Å². The minimum absolute atomic E-state index is 0.568. The average molecular weight is 213 g/mol. The topological polar surface area (TPSA) is 49.8 Å². The van der Waals surface area contributed by atoms with Crippen LogP contribution in [0.5, 0.6) is 0 Å². The quantitative estimate of drug-likeness (QED) is 0.724. The molecule has 5 heteroatoms. The van der Waals surface area contributed by atoms with E-state index < -0.39 is 0 Å². The molecule has 2 rings (SSSR count). The Kier molecular flexibility index (Phi) is 2.84. The Morgan fingerprint density at radius 3 is 3.14 bits per heavy atom. The zero-order valence-corrected chi connectivity index (χ0v) is 8.86. The van der Waals surface area contributed by atoms with Crippen LogP contribution in [0.4, 0.5) is 5.95 Å². The first-order valence-corrected chi connectivity index (χ1v) is 5.19. The summed E-state index contributed by atoms with van der Waals surface area (Å²) in [6.45, 7) is 4.57. The van der Waals surface area contributed by atoms with Gasteiger partial charge in [0, 0.05) is 31.6 Å². The van der Waals surface area contributed by atoms with Crippen molar-refractivity contribution in [3.8, 4) is 0 Å². The van der Waals surface area contributed by atoms with E-state index in [2.05, 4.69) is 20.6 Å². The molecule has 14 heavy (non-hydrogen) atoms. The zero-order valence-electron chi connectivity index (χ0n) is 8.10. The maximum atomic E-state index is 6.05. The third kappa shape index (κ3) is 1.81. The van der Waals surface area contributed by atoms with Crippen LogP contribution in [-0.4, -0.2) is 23.1 Å². The van der Waals surface area contributed by atoms with Gasteiger partial charge in [-0.25, -0.2) is 9.97 Å². The van der Waals surface area contributed by atoms with Crippen LogP contribution in [0.15, 0.2) is 0 Å². The highest BCUT2D eigenvalue weighted by Gasteiger charge is 2.15. The van der Waals surface area contributed by atoms with Crippen LogP contribution in [0.1, 0.15) is 18.2 Å². The average Bonchev–Trinajstić information content (AvgIpc) is 2.18. The number of anilines is 1. The summed E-state index contributed by atoms with van der Waals surface area (Å²) in [5, 5.41) is 6.89. The zero-order chi connectivity index (χ0) is 9.97. The Bertz CT molecular complexity index is 340. The first-order valence-electron chi connectivity index (χ1n) is 4.81. The van der Waals surface area contributed by atoms with E-state index in [9.17, 15) is 0 Å². The van der Waals surface area contributed by atoms with E-state index in [0.29, 0.717) is 11.1 Å². The molecule has 0 radical (unpaired) electrons. The lowest BCUT2D eigenvalue weighted by Gasteiger charge is -2.17. The van der Waals surface area contributed by atoms with E-state index in [1.54, 1.807) is 0 Å². The number of halogens is 1. The van der Waals surface area contributed by atoms with E-state index >= 15 is 0 Å². The van der Waals surface area contributed by atoms with Gasteiger partial charge in [-0.2, -0.15) is 0 Å². The Balaban J connectivity index is 2.36. The number of nitrogens with one attached hydrogen (secondary N) is 2. The fourth-order valence-corrected chi connectivity index (χ4v) is 1.79. The lowest BCUT2D eigenvalue weighted by Crippen LogP contribution is -2.25. The van der Waals surface area contributed by atoms with Crippen molar-refractivity contribution >= 4 is 17.5 Å². The Labute approximate surface area is 88.1 Å². The van der Waals surface area contributed by atoms with Gasteiger partial charge in [-0.05, 0) is 6.92 Å². The maximum absolute atomic E-state index is 6.05. The molecule has 1 aromatic rings. The summed E-state index contributed by atoms with van der Waals surface area (Å²) in [6, 6.07) is 0. The number of rotatable bonds is 2. The van der Waals surface area contributed by atoms with Crippen LogP contribution in [0.3, 0.4) is 0 Å². The summed E-state index contributed by atoms with van der Waals surface area (Å²) >= 11 is 6.05. The highest BCUT2D eigenvalue weighted by Crippen LogP contribution is 2.21. The van der Waals surface area contributed by atoms with Crippen LogP contribution < -0.4 is 10.6 Å². The highest BCUT2D eigenvalue weighted by atomic mass is 35.5. The number of fused-ring (bicyclic) bond motifs is 1. The standard InChI is InChI=1S/C9H13ClN4/c1-2-12-9-13-7-3-4-11-5-6(7)8(10)14-9/h11H,2-5H2,1H3,(H,12,13,14). The molecule has 0 amide bonds. The summed E-state index contributed by atoms with van der Waals surface area (Å²) < 4.78 is 0. The van der Waals surface area contributed by atoms with Gasteiger partial charge < -0.3 is 10.6 Å². The fourth-order valence-electron chi connectivity index (χ4n) is 1.54. The summed E-state index contributed by atoms with van der Waals surface area (Å²) in [5.74, 6) is 0.637. The van der Waals surface area contributed by atoms with Crippen molar-refractivity contribution in [3.05, 3.63) is 16.4 Å². The van der Waals surface area contributed by atoms with Crippen LogP contribution >= 0.6 is 11.6 Å². The third-order valence-corrected chi connectivity index (χ3v) is 2.53. The van der Waals surface area contributed by atoms with Gasteiger partial charge in [-0.15, -0.1) is 0 Å². The van der Waals surface area contributed by atoms with Crippen molar-refractivity contribution in [1.82, 2.24) is 15.3 Å². The highest BCUT2D eigenvalue weighted by molar-refractivity contribution is 6.30. The molecule has 1 aromatic heterocycles. The van der Waals surface area contributed by atoms with E-state index in [1.807, 2.05) is 6.92 Å². The molecule has 0 bridgehead atoms. The summed E-state index contributed by atoms with van der Waals surface area (Å²) in [5.41, 5.74) is 2.11. The van der Waals surface area contributed by atoms with Crippen LogP contribution in [-0.2, 0) is 13.0 Å². The normalized spacial score (nSPS) is 15.0. The van der Waals surface area contributed by atoms with Gasteiger partial charge in [0.25, 0.3) is 0 Å². The molecule has 2 heterocycles. The predicted octanol–water partition coefficient (Wildman–Crippen LogP) is 1.21. The van der Waals surface area contributed by atoms with E-state index in [4.69, 9.17) is 11.6 Å². The van der Waals surface area contributed by atoms with E-state index in [-0.39, 0.29) is 0 Å². The van der Waals surface area contributed by atoms with Crippen molar-refractivity contribution in [2.24, 2.45) is 0 Å². The minimum atomic E-state index is 0.568. The van der Waals surface area contributed by atoms with Crippen LogP contribution in [0, 0.1) is 0 Å². The Hall–Kier alpha value is -0.870. The molecular formula is C9H13ClN4. The number of nitrogens with zero attached hydrogens (tertiary/aromatic N) is 2. The molecule has 0 atom stereocenters. The molecule has 4 nitrogen and oxygen atoms in total. The van der Waals surface area contributed by atoms with Gasteiger partial charge in [-0.3, -0.25) is 0 Å². The van der Waals surface area contributed by atoms with Gasteiger partial charge in [0.15, 0.2) is 0 Å². The molecule has 2 N–H and O–H groups in total. The molecule has 0 fully saturated rings. The Morgan fingerprint density at radius 2 is 2.36 bits per heavy atom. The van der Waals surface area contributed by atoms with Crippen molar-refractivity contribution in [1.29, 1.82) is 0 Å². The van der Waals surface area contributed by atoms with E-state index in [1.165, 1.54) is 0 Å². The van der Waals surface area contributed by atoms with Crippen LogP contribution in [0.2, 0.25) is 5.15 Å². The molecule has 0 aliphatic carbocycles. The molecule has 1 aliphatic heterocycles. The minimum Gasteiger partial charge on any atom is -0.354 e. The molecule has 0 unspecified atom stereocenters. The second-order valence-corrected chi connectivity index (χ2v) is 3.58. The van der Waals surface area contributed by atoms with Gasteiger partial charge in [0.05, 0.1) is 5.69 Å². The Morgan fingerprint density at radius 1 is 1.50 bits per heavy atom. The van der Waals surface area contributed by atoms with Crippen LogP contribution in [0.25, 0.3) is 0 Å². The summed E-state index contributed by atoms with van der Waals surface area (Å²) in [4.78, 5) is 8.60. The third-order valence-electron chi connectivity index (χ3n) is 2.22. The van der Waals surface area contributed by atoms with Crippen molar-refractivity contribution in [3.63, 3.8) is 0 Å². The molecule has 76 valence electrons. The lowest BCUT2D eigenvalue weighted by molar-refractivity contribution is 0.626. The maximum Gasteiger partial charge on any atom is 0.224 e. The van der Waals surface area contributed by atoms with Gasteiger partial charge in [0.1, 0.15) is 5.15 Å². The molecular weight excluding hydrogens is 200 g/mol. The van der Waals surface area contributed by atoms with Crippen molar-refractivity contribution in [2.75, 3.05) is 18.4 Å². The fraction of sp³-hybridized carbons (Fsp3) is 0.556. The SMILES string of the molecule is CCNc1nc(Cl)c2c(n1)CCNC2. The molecule has 0 aromatic carbocycles. The number of aromatic nitrogens is 2. The first-order chi connectivity index (χ1) is 6.81. The monoisotopic (exact) mass is 212 g/mol. The van der Waals surface area contributed by atoms with Gasteiger partial charge >= 0.3 is 0 Å². The largest absolute Gasteiger partial charge is 0.354 e. The van der Waals surface area contributed by atoms with Gasteiger partial charge in [-0.1, -0.05) is 11.6 Å².